The zero-order valence-corrected chi connectivity index (χ0v) is 18.7. The van der Waals surface area contributed by atoms with Crippen LogP contribution in [0.15, 0.2) is 29.3 Å². The van der Waals surface area contributed by atoms with Crippen LogP contribution in [0.25, 0.3) is 0 Å². The second kappa shape index (κ2) is 13.2. The quantitative estimate of drug-likeness (QED) is 0.270. The number of nitrogens with one attached hydrogen (secondary N) is 1. The normalized spacial score (nSPS) is 15.3. The molecule has 1 fully saturated rings. The van der Waals surface area contributed by atoms with E-state index in [1.165, 1.54) is 24.8 Å². The molecule has 0 unspecified atom stereocenters. The molecule has 1 aliphatic rings. The number of benzene rings is 1. The summed E-state index contributed by atoms with van der Waals surface area (Å²) in [7, 11) is 2.11. The van der Waals surface area contributed by atoms with E-state index in [4.69, 9.17) is 14.5 Å². The first kappa shape index (κ1) is 23.0. The lowest BCUT2D eigenvalue weighted by Crippen LogP contribution is -2.40. The Hall–Kier alpha value is -1.02. The Morgan fingerprint density at radius 3 is 2.81 bits per heavy atom. The third-order valence-electron chi connectivity index (χ3n) is 4.52. The minimum atomic E-state index is 0. The molecular weight excluding hydrogens is 441 g/mol. The molecule has 0 atom stereocenters. The molecule has 0 spiro atoms. The van der Waals surface area contributed by atoms with E-state index in [0.717, 1.165) is 43.9 Å². The van der Waals surface area contributed by atoms with E-state index in [0.29, 0.717) is 13.2 Å². The van der Waals surface area contributed by atoms with E-state index >= 15 is 0 Å². The summed E-state index contributed by atoms with van der Waals surface area (Å²) in [5, 5.41) is 3.37. The molecule has 2 rings (SSSR count). The van der Waals surface area contributed by atoms with Crippen molar-refractivity contribution in [2.24, 2.45) is 10.9 Å². The van der Waals surface area contributed by atoms with Crippen LogP contribution in [0, 0.1) is 12.8 Å². The van der Waals surface area contributed by atoms with Gasteiger partial charge in [0.2, 0.25) is 0 Å². The number of nitrogens with zero attached hydrogens (tertiary/aromatic N) is 2. The van der Waals surface area contributed by atoms with Crippen molar-refractivity contribution in [3.63, 3.8) is 0 Å². The Morgan fingerprint density at radius 2 is 2.12 bits per heavy atom. The maximum atomic E-state index is 5.78. The fourth-order valence-electron chi connectivity index (χ4n) is 3.01. The van der Waals surface area contributed by atoms with E-state index in [1.54, 1.807) is 0 Å². The Balaban J connectivity index is 0.00000338. The van der Waals surface area contributed by atoms with Crippen molar-refractivity contribution >= 4 is 29.9 Å². The summed E-state index contributed by atoms with van der Waals surface area (Å²) in [6.07, 6.45) is 3.57. The molecule has 1 aromatic carbocycles. The smallest absolute Gasteiger partial charge is 0.193 e. The summed E-state index contributed by atoms with van der Waals surface area (Å²) in [5.41, 5.74) is 1.21. The summed E-state index contributed by atoms with van der Waals surface area (Å²) in [6.45, 7) is 9.14. The maximum absolute atomic E-state index is 5.78. The van der Waals surface area contributed by atoms with E-state index < -0.39 is 0 Å². The first-order valence-corrected chi connectivity index (χ1v) is 9.45. The molecule has 148 valence electrons. The molecule has 1 N–H and O–H groups in total. The number of aliphatic imine (C=N–C) groups is 1. The topological polar surface area (TPSA) is 46.1 Å². The first-order valence-electron chi connectivity index (χ1n) is 9.45. The molecule has 26 heavy (non-hydrogen) atoms. The van der Waals surface area contributed by atoms with Gasteiger partial charge < -0.3 is 19.7 Å². The first-order chi connectivity index (χ1) is 12.2. The van der Waals surface area contributed by atoms with E-state index in [-0.39, 0.29) is 24.0 Å². The van der Waals surface area contributed by atoms with Crippen LogP contribution in [0.1, 0.15) is 31.7 Å². The van der Waals surface area contributed by atoms with E-state index in [1.807, 2.05) is 12.1 Å². The van der Waals surface area contributed by atoms with Crippen LogP contribution < -0.4 is 10.1 Å². The Labute approximate surface area is 175 Å². The van der Waals surface area contributed by atoms with Gasteiger partial charge in [-0.25, -0.2) is 4.99 Å². The highest BCUT2D eigenvalue weighted by Gasteiger charge is 2.15. The lowest BCUT2D eigenvalue weighted by Gasteiger charge is -2.26. The standard InChI is InChI=1S/C20H33N3O2.HI/c1-4-21-20(23(3)12-8-18-9-13-24-14-10-18)22-11-15-25-19-7-5-6-17(2)16-19;/h5-7,16,18H,4,8-15H2,1-3H3,(H,21,22);1H. The molecule has 0 saturated carbocycles. The van der Waals surface area contributed by atoms with Gasteiger partial charge in [0.25, 0.3) is 0 Å². The largest absolute Gasteiger partial charge is 0.492 e. The molecule has 1 aromatic rings. The van der Waals surface area contributed by atoms with Gasteiger partial charge in [0.05, 0.1) is 6.54 Å². The van der Waals surface area contributed by atoms with Crippen molar-refractivity contribution in [3.05, 3.63) is 29.8 Å². The highest BCUT2D eigenvalue weighted by atomic mass is 127. The summed E-state index contributed by atoms with van der Waals surface area (Å²) in [6, 6.07) is 8.13. The van der Waals surface area contributed by atoms with Crippen LogP contribution in [0.3, 0.4) is 0 Å². The Morgan fingerprint density at radius 1 is 1.35 bits per heavy atom. The second-order valence-corrected chi connectivity index (χ2v) is 6.67. The predicted octanol–water partition coefficient (Wildman–Crippen LogP) is 3.71. The maximum Gasteiger partial charge on any atom is 0.193 e. The fourth-order valence-corrected chi connectivity index (χ4v) is 3.01. The predicted molar refractivity (Wildman–Crippen MR) is 119 cm³/mol. The summed E-state index contributed by atoms with van der Waals surface area (Å²) < 4.78 is 11.2. The molecule has 1 aliphatic heterocycles. The van der Waals surface area contributed by atoms with Gasteiger partial charge in [-0.3, -0.25) is 0 Å². The number of hydrogen-bond donors (Lipinski definition) is 1. The molecular formula is C20H34IN3O2. The number of hydrogen-bond acceptors (Lipinski definition) is 3. The van der Waals surface area contributed by atoms with Crippen LogP contribution in [0.5, 0.6) is 5.75 Å². The van der Waals surface area contributed by atoms with Crippen LogP contribution in [0.2, 0.25) is 0 Å². The Bertz CT molecular complexity index is 534. The molecule has 0 aromatic heterocycles. The average Bonchev–Trinajstić information content (AvgIpc) is 2.63. The van der Waals surface area contributed by atoms with Gasteiger partial charge >= 0.3 is 0 Å². The molecule has 1 heterocycles. The van der Waals surface area contributed by atoms with Gasteiger partial charge in [-0.05, 0) is 56.7 Å². The van der Waals surface area contributed by atoms with Crippen molar-refractivity contribution in [1.29, 1.82) is 0 Å². The second-order valence-electron chi connectivity index (χ2n) is 6.67. The van der Waals surface area contributed by atoms with Crippen molar-refractivity contribution < 1.29 is 9.47 Å². The lowest BCUT2D eigenvalue weighted by atomic mass is 9.96. The fraction of sp³-hybridized carbons (Fsp3) is 0.650. The molecule has 0 radical (unpaired) electrons. The number of ether oxygens (including phenoxy) is 2. The molecule has 0 amide bonds. The van der Waals surface area contributed by atoms with Crippen molar-refractivity contribution in [2.75, 3.05) is 46.5 Å². The van der Waals surface area contributed by atoms with Gasteiger partial charge in [-0.15, -0.1) is 24.0 Å². The van der Waals surface area contributed by atoms with Crippen LogP contribution in [0.4, 0.5) is 0 Å². The number of rotatable bonds is 8. The summed E-state index contributed by atoms with van der Waals surface area (Å²) in [5.74, 6) is 2.65. The van der Waals surface area contributed by atoms with Crippen molar-refractivity contribution in [3.8, 4) is 5.75 Å². The number of halogens is 1. The van der Waals surface area contributed by atoms with Crippen LogP contribution >= 0.6 is 24.0 Å². The van der Waals surface area contributed by atoms with Crippen LogP contribution in [-0.4, -0.2) is 57.4 Å². The number of guanidine groups is 1. The zero-order valence-electron chi connectivity index (χ0n) is 16.4. The van der Waals surface area contributed by atoms with Crippen molar-refractivity contribution in [2.45, 2.75) is 33.1 Å². The van der Waals surface area contributed by atoms with Gasteiger partial charge in [0, 0.05) is 33.4 Å². The molecule has 0 bridgehead atoms. The van der Waals surface area contributed by atoms with E-state index in [2.05, 4.69) is 43.2 Å². The van der Waals surface area contributed by atoms with Gasteiger partial charge in [0.1, 0.15) is 12.4 Å². The monoisotopic (exact) mass is 475 g/mol. The highest BCUT2D eigenvalue weighted by Crippen LogP contribution is 2.18. The molecule has 5 nitrogen and oxygen atoms in total. The lowest BCUT2D eigenvalue weighted by molar-refractivity contribution is 0.0625. The summed E-state index contributed by atoms with van der Waals surface area (Å²) >= 11 is 0. The minimum Gasteiger partial charge on any atom is -0.492 e. The summed E-state index contributed by atoms with van der Waals surface area (Å²) in [4.78, 5) is 6.92. The van der Waals surface area contributed by atoms with Gasteiger partial charge in [-0.2, -0.15) is 0 Å². The molecule has 1 saturated heterocycles. The third-order valence-corrected chi connectivity index (χ3v) is 4.52. The SMILES string of the molecule is CCNC(=NCCOc1cccc(C)c1)N(C)CCC1CCOCC1.I. The molecule has 0 aliphatic carbocycles. The van der Waals surface area contributed by atoms with E-state index in [9.17, 15) is 0 Å². The van der Waals surface area contributed by atoms with Gasteiger partial charge in [0.15, 0.2) is 5.96 Å². The van der Waals surface area contributed by atoms with Crippen LogP contribution in [-0.2, 0) is 4.74 Å². The third kappa shape index (κ3) is 8.58. The average molecular weight is 475 g/mol. The van der Waals surface area contributed by atoms with Gasteiger partial charge in [-0.1, -0.05) is 12.1 Å². The number of aryl methyl sites for hydroxylation is 1. The Kier molecular flexibility index (Phi) is 11.7. The van der Waals surface area contributed by atoms with Crippen molar-refractivity contribution in [1.82, 2.24) is 10.2 Å². The zero-order chi connectivity index (χ0) is 17.9. The minimum absolute atomic E-state index is 0. The molecule has 6 heteroatoms. The highest BCUT2D eigenvalue weighted by molar-refractivity contribution is 14.0.